The maximum absolute atomic E-state index is 12.9. The van der Waals surface area contributed by atoms with Gasteiger partial charge in [-0.15, -0.1) is 0 Å². The first-order valence-electron chi connectivity index (χ1n) is 9.16. The molecule has 3 rings (SSSR count). The molecule has 1 aromatic rings. The minimum absolute atomic E-state index is 0.0728. The highest BCUT2D eigenvalue weighted by atomic mass is 32.2. The molecule has 1 aromatic carbocycles. The number of halogens is 3. The Hall–Kier alpha value is -1.65. The zero-order chi connectivity index (χ0) is 20.9. The Bertz CT molecular complexity index is 857. The van der Waals surface area contributed by atoms with Crippen LogP contribution in [0.3, 0.4) is 0 Å². The lowest BCUT2D eigenvalue weighted by Crippen LogP contribution is -2.54. The molecule has 10 heteroatoms. The lowest BCUT2D eigenvalue weighted by Gasteiger charge is -2.35. The van der Waals surface area contributed by atoms with Crippen LogP contribution in [-0.4, -0.2) is 54.7 Å². The SMILES string of the molecule is CC(C)C[C@@H](N)C(=O)N1C[C@H]2CC1CN2S(=O)(=O)c1cccc(C(F)(F)F)c1. The third-order valence-corrected chi connectivity index (χ3v) is 7.20. The van der Waals surface area contributed by atoms with Gasteiger partial charge in [-0.2, -0.15) is 17.5 Å². The predicted molar refractivity (Wildman–Crippen MR) is 96.7 cm³/mol. The molecule has 2 saturated heterocycles. The van der Waals surface area contributed by atoms with E-state index in [0.717, 1.165) is 18.2 Å². The van der Waals surface area contributed by atoms with Crippen LogP contribution in [-0.2, 0) is 21.0 Å². The van der Waals surface area contributed by atoms with E-state index in [-0.39, 0.29) is 35.9 Å². The normalized spacial score (nSPS) is 24.2. The van der Waals surface area contributed by atoms with Crippen molar-refractivity contribution in [1.29, 1.82) is 0 Å². The number of alkyl halides is 3. The summed E-state index contributed by atoms with van der Waals surface area (Å²) in [6, 6.07) is 2.38. The number of hydrogen-bond donors (Lipinski definition) is 1. The van der Waals surface area contributed by atoms with E-state index in [9.17, 15) is 26.4 Å². The van der Waals surface area contributed by atoms with E-state index < -0.39 is 33.8 Å². The number of piperazine rings is 1. The number of fused-ring (bicyclic) bond motifs is 2. The van der Waals surface area contributed by atoms with E-state index in [2.05, 4.69) is 0 Å². The number of sulfonamides is 1. The highest BCUT2D eigenvalue weighted by molar-refractivity contribution is 7.89. The van der Waals surface area contributed by atoms with Crippen molar-refractivity contribution in [3.8, 4) is 0 Å². The number of nitrogens with two attached hydrogens (primary N) is 1. The summed E-state index contributed by atoms with van der Waals surface area (Å²) < 4.78 is 65.8. The van der Waals surface area contributed by atoms with Crippen LogP contribution in [0.25, 0.3) is 0 Å². The molecule has 0 saturated carbocycles. The van der Waals surface area contributed by atoms with Gasteiger partial charge in [-0.05, 0) is 37.0 Å². The molecule has 156 valence electrons. The monoisotopic (exact) mass is 419 g/mol. The molecule has 0 aromatic heterocycles. The van der Waals surface area contributed by atoms with E-state index in [1.54, 1.807) is 4.90 Å². The van der Waals surface area contributed by atoms with Crippen LogP contribution in [0.4, 0.5) is 13.2 Å². The Balaban J connectivity index is 1.76. The van der Waals surface area contributed by atoms with Crippen molar-refractivity contribution in [2.75, 3.05) is 13.1 Å². The molecule has 28 heavy (non-hydrogen) atoms. The predicted octanol–water partition coefficient (Wildman–Crippen LogP) is 2.05. The largest absolute Gasteiger partial charge is 0.416 e. The van der Waals surface area contributed by atoms with Gasteiger partial charge in [0.05, 0.1) is 16.5 Å². The molecule has 1 unspecified atom stereocenters. The van der Waals surface area contributed by atoms with Gasteiger partial charge in [-0.25, -0.2) is 8.42 Å². The fourth-order valence-corrected chi connectivity index (χ4v) is 5.70. The number of carbonyl (C=O) groups is 1. The highest BCUT2D eigenvalue weighted by Gasteiger charge is 2.50. The lowest BCUT2D eigenvalue weighted by atomic mass is 10.0. The summed E-state index contributed by atoms with van der Waals surface area (Å²) in [7, 11) is -4.08. The maximum atomic E-state index is 12.9. The molecular formula is C18H24F3N3O3S. The minimum atomic E-state index is -4.62. The van der Waals surface area contributed by atoms with Gasteiger partial charge in [0.2, 0.25) is 15.9 Å². The third kappa shape index (κ3) is 3.90. The third-order valence-electron chi connectivity index (χ3n) is 5.28. The van der Waals surface area contributed by atoms with Gasteiger partial charge in [0.15, 0.2) is 0 Å². The summed E-state index contributed by atoms with van der Waals surface area (Å²) in [5.41, 5.74) is 4.96. The van der Waals surface area contributed by atoms with Crippen LogP contribution in [0.1, 0.15) is 32.3 Å². The molecule has 1 amide bonds. The summed E-state index contributed by atoms with van der Waals surface area (Å²) in [4.78, 5) is 13.8. The molecular weight excluding hydrogens is 395 g/mol. The Morgan fingerprint density at radius 1 is 1.25 bits per heavy atom. The first-order chi connectivity index (χ1) is 12.9. The quantitative estimate of drug-likeness (QED) is 0.792. The smallest absolute Gasteiger partial charge is 0.335 e. The van der Waals surface area contributed by atoms with Crippen molar-refractivity contribution in [3.05, 3.63) is 29.8 Å². The Morgan fingerprint density at radius 3 is 2.46 bits per heavy atom. The Morgan fingerprint density at radius 2 is 1.93 bits per heavy atom. The summed E-state index contributed by atoms with van der Waals surface area (Å²) >= 11 is 0. The van der Waals surface area contributed by atoms with Gasteiger partial charge in [0.25, 0.3) is 0 Å². The van der Waals surface area contributed by atoms with Crippen LogP contribution in [0, 0.1) is 5.92 Å². The number of likely N-dealkylation sites (tertiary alicyclic amines) is 1. The first kappa shape index (κ1) is 21.1. The van der Waals surface area contributed by atoms with Gasteiger partial charge >= 0.3 is 6.18 Å². The summed E-state index contributed by atoms with van der Waals surface area (Å²) in [5, 5.41) is 0. The Kier molecular flexibility index (Phi) is 5.50. The average molecular weight is 419 g/mol. The molecule has 2 bridgehead atoms. The fraction of sp³-hybridized carbons (Fsp3) is 0.611. The van der Waals surface area contributed by atoms with Crippen molar-refractivity contribution in [2.24, 2.45) is 11.7 Å². The molecule has 2 N–H and O–H groups in total. The van der Waals surface area contributed by atoms with Crippen molar-refractivity contribution in [3.63, 3.8) is 0 Å². The second-order valence-electron chi connectivity index (χ2n) is 7.87. The molecule has 2 aliphatic rings. The highest BCUT2D eigenvalue weighted by Crippen LogP contribution is 2.37. The second kappa shape index (κ2) is 7.31. The van der Waals surface area contributed by atoms with Gasteiger partial charge in [0.1, 0.15) is 0 Å². The first-order valence-corrected chi connectivity index (χ1v) is 10.6. The van der Waals surface area contributed by atoms with Crippen molar-refractivity contribution >= 4 is 15.9 Å². The summed E-state index contributed by atoms with van der Waals surface area (Å²) in [6.07, 6.45) is -3.61. The number of carbonyl (C=O) groups excluding carboxylic acids is 1. The van der Waals surface area contributed by atoms with E-state index in [1.807, 2.05) is 13.8 Å². The van der Waals surface area contributed by atoms with E-state index >= 15 is 0 Å². The van der Waals surface area contributed by atoms with Crippen LogP contribution in [0.15, 0.2) is 29.2 Å². The average Bonchev–Trinajstić information content (AvgIpc) is 3.21. The molecule has 0 radical (unpaired) electrons. The van der Waals surface area contributed by atoms with E-state index in [0.29, 0.717) is 18.9 Å². The molecule has 2 fully saturated rings. The molecule has 0 aliphatic carbocycles. The van der Waals surface area contributed by atoms with Gasteiger partial charge in [-0.1, -0.05) is 19.9 Å². The second-order valence-corrected chi connectivity index (χ2v) is 9.76. The number of hydrogen-bond acceptors (Lipinski definition) is 4. The van der Waals surface area contributed by atoms with E-state index in [1.165, 1.54) is 4.31 Å². The van der Waals surface area contributed by atoms with Crippen LogP contribution in [0.5, 0.6) is 0 Å². The lowest BCUT2D eigenvalue weighted by molar-refractivity contribution is -0.138. The van der Waals surface area contributed by atoms with Gasteiger partial charge in [0, 0.05) is 25.2 Å². The fourth-order valence-electron chi connectivity index (χ4n) is 3.98. The zero-order valence-electron chi connectivity index (χ0n) is 15.7. The summed E-state index contributed by atoms with van der Waals surface area (Å²) in [6.45, 7) is 4.22. The number of benzene rings is 1. The number of rotatable bonds is 5. The maximum Gasteiger partial charge on any atom is 0.416 e. The zero-order valence-corrected chi connectivity index (χ0v) is 16.5. The molecule has 2 aliphatic heterocycles. The van der Waals surface area contributed by atoms with Crippen LogP contribution >= 0.6 is 0 Å². The molecule has 6 nitrogen and oxygen atoms in total. The van der Waals surface area contributed by atoms with Crippen molar-refractivity contribution in [2.45, 2.75) is 55.9 Å². The van der Waals surface area contributed by atoms with Crippen LogP contribution < -0.4 is 5.73 Å². The molecule has 0 spiro atoms. The minimum Gasteiger partial charge on any atom is -0.335 e. The van der Waals surface area contributed by atoms with Gasteiger partial charge < -0.3 is 10.6 Å². The van der Waals surface area contributed by atoms with Crippen molar-refractivity contribution in [1.82, 2.24) is 9.21 Å². The van der Waals surface area contributed by atoms with Crippen LogP contribution in [0.2, 0.25) is 0 Å². The van der Waals surface area contributed by atoms with Crippen molar-refractivity contribution < 1.29 is 26.4 Å². The Labute approximate surface area is 162 Å². The molecule has 2 heterocycles. The summed E-state index contributed by atoms with van der Waals surface area (Å²) in [5.74, 6) is 0.0637. The number of nitrogens with zero attached hydrogens (tertiary/aromatic N) is 2. The van der Waals surface area contributed by atoms with Gasteiger partial charge in [-0.3, -0.25) is 4.79 Å². The number of amides is 1. The molecule has 3 atom stereocenters. The topological polar surface area (TPSA) is 83.7 Å². The standard InChI is InChI=1S/C18H24F3N3O3S/c1-11(2)6-16(22)17(25)23-9-14-8-13(23)10-24(14)28(26,27)15-5-3-4-12(7-15)18(19,20)21/h3-5,7,11,13-14,16H,6,8-10,22H2,1-2H3/t13?,14-,16-/m1/s1. The van der Waals surface area contributed by atoms with E-state index in [4.69, 9.17) is 5.73 Å².